The fourth-order valence-corrected chi connectivity index (χ4v) is 2.34. The van der Waals surface area contributed by atoms with Crippen molar-refractivity contribution in [2.75, 3.05) is 5.73 Å². The van der Waals surface area contributed by atoms with Crippen molar-refractivity contribution >= 4 is 38.1 Å². The van der Waals surface area contributed by atoms with Crippen LogP contribution in [0.1, 0.15) is 0 Å². The molecule has 82 valence electrons. The molecule has 0 saturated carbocycles. The number of thiazole rings is 1. The van der Waals surface area contributed by atoms with Crippen molar-refractivity contribution in [1.82, 2.24) is 4.98 Å². The molecule has 0 bridgehead atoms. The Labute approximate surface area is 103 Å². The number of nitro groups is 1. The Kier molecular flexibility index (Phi) is 2.88. The van der Waals surface area contributed by atoms with Crippen LogP contribution in [0.3, 0.4) is 0 Å². The number of nitrogens with two attached hydrogens (primary N) is 1. The SMILES string of the molecule is Nc1ncc(-c2ccc(Br)cc2[N+](=O)[O-])s1. The molecule has 0 unspecified atom stereocenters. The van der Waals surface area contributed by atoms with Crippen molar-refractivity contribution in [1.29, 1.82) is 0 Å². The summed E-state index contributed by atoms with van der Waals surface area (Å²) < 4.78 is 0.667. The van der Waals surface area contributed by atoms with E-state index in [4.69, 9.17) is 5.73 Å². The Morgan fingerprint density at radius 2 is 2.25 bits per heavy atom. The van der Waals surface area contributed by atoms with Gasteiger partial charge in [0, 0.05) is 16.7 Å². The Balaban J connectivity index is 2.60. The highest BCUT2D eigenvalue weighted by molar-refractivity contribution is 9.10. The molecule has 0 amide bonds. The first-order valence-corrected chi connectivity index (χ1v) is 5.84. The molecule has 0 aliphatic carbocycles. The summed E-state index contributed by atoms with van der Waals surface area (Å²) in [6.07, 6.45) is 1.54. The van der Waals surface area contributed by atoms with Gasteiger partial charge >= 0.3 is 0 Å². The lowest BCUT2D eigenvalue weighted by atomic mass is 10.1. The minimum Gasteiger partial charge on any atom is -0.375 e. The molecule has 1 aromatic heterocycles. The van der Waals surface area contributed by atoms with Gasteiger partial charge in [0.15, 0.2) is 5.13 Å². The van der Waals surface area contributed by atoms with E-state index in [0.717, 1.165) is 0 Å². The highest BCUT2D eigenvalue weighted by Gasteiger charge is 2.17. The number of rotatable bonds is 2. The standard InChI is InChI=1S/C9H6BrN3O2S/c10-5-1-2-6(7(3-5)13(14)15)8-4-12-9(11)16-8/h1-4H,(H2,11,12). The summed E-state index contributed by atoms with van der Waals surface area (Å²) in [5.74, 6) is 0. The zero-order valence-corrected chi connectivity index (χ0v) is 10.3. The van der Waals surface area contributed by atoms with Gasteiger partial charge in [0.05, 0.1) is 15.4 Å². The predicted molar refractivity (Wildman–Crippen MR) is 66.3 cm³/mol. The summed E-state index contributed by atoms with van der Waals surface area (Å²) in [7, 11) is 0. The van der Waals surface area contributed by atoms with Gasteiger partial charge in [0.25, 0.3) is 5.69 Å². The molecule has 16 heavy (non-hydrogen) atoms. The van der Waals surface area contributed by atoms with Crippen molar-refractivity contribution < 1.29 is 4.92 Å². The lowest BCUT2D eigenvalue weighted by Gasteiger charge is -1.99. The van der Waals surface area contributed by atoms with E-state index in [0.29, 0.717) is 20.0 Å². The summed E-state index contributed by atoms with van der Waals surface area (Å²) in [6.45, 7) is 0. The van der Waals surface area contributed by atoms with Crippen LogP contribution in [-0.2, 0) is 0 Å². The van der Waals surface area contributed by atoms with Gasteiger partial charge < -0.3 is 5.73 Å². The number of nitrogen functional groups attached to an aromatic ring is 1. The third kappa shape index (κ3) is 2.05. The van der Waals surface area contributed by atoms with Gasteiger partial charge in [-0.3, -0.25) is 10.1 Å². The highest BCUT2D eigenvalue weighted by Crippen LogP contribution is 2.35. The number of benzene rings is 1. The second-order valence-corrected chi connectivity index (χ2v) is 4.96. The van der Waals surface area contributed by atoms with Gasteiger partial charge in [-0.2, -0.15) is 0 Å². The lowest BCUT2D eigenvalue weighted by molar-refractivity contribution is -0.384. The lowest BCUT2D eigenvalue weighted by Crippen LogP contribution is -1.90. The molecular weight excluding hydrogens is 294 g/mol. The molecule has 0 aliphatic rings. The van der Waals surface area contributed by atoms with Gasteiger partial charge in [-0.1, -0.05) is 27.3 Å². The summed E-state index contributed by atoms with van der Waals surface area (Å²) in [4.78, 5) is 15.0. The highest BCUT2D eigenvalue weighted by atomic mass is 79.9. The van der Waals surface area contributed by atoms with E-state index in [1.165, 1.54) is 23.6 Å². The Hall–Kier alpha value is -1.47. The van der Waals surface area contributed by atoms with Crippen LogP contribution >= 0.6 is 27.3 Å². The van der Waals surface area contributed by atoms with Crippen molar-refractivity contribution in [3.05, 3.63) is 39.0 Å². The molecule has 2 aromatic rings. The summed E-state index contributed by atoms with van der Waals surface area (Å²) in [5.41, 5.74) is 6.07. The zero-order chi connectivity index (χ0) is 11.7. The first-order valence-electron chi connectivity index (χ1n) is 4.23. The van der Waals surface area contributed by atoms with Crippen molar-refractivity contribution in [2.24, 2.45) is 0 Å². The average molecular weight is 300 g/mol. The topological polar surface area (TPSA) is 82.0 Å². The van der Waals surface area contributed by atoms with Crippen LogP contribution < -0.4 is 5.73 Å². The fourth-order valence-electron chi connectivity index (χ4n) is 1.28. The van der Waals surface area contributed by atoms with Crippen molar-refractivity contribution in [2.45, 2.75) is 0 Å². The molecular formula is C9H6BrN3O2S. The van der Waals surface area contributed by atoms with E-state index in [2.05, 4.69) is 20.9 Å². The maximum absolute atomic E-state index is 10.9. The molecule has 0 spiro atoms. The van der Waals surface area contributed by atoms with Crippen LogP contribution in [0.4, 0.5) is 10.8 Å². The molecule has 0 aliphatic heterocycles. The molecule has 2 rings (SSSR count). The van der Waals surface area contributed by atoms with Crippen molar-refractivity contribution in [3.63, 3.8) is 0 Å². The first kappa shape index (κ1) is 11.0. The van der Waals surface area contributed by atoms with Gasteiger partial charge in [0.1, 0.15) is 0 Å². The van der Waals surface area contributed by atoms with Crippen LogP contribution in [-0.4, -0.2) is 9.91 Å². The fraction of sp³-hybridized carbons (Fsp3) is 0. The molecule has 1 heterocycles. The molecule has 0 saturated heterocycles. The molecule has 5 nitrogen and oxygen atoms in total. The average Bonchev–Trinajstić information content (AvgIpc) is 2.64. The summed E-state index contributed by atoms with van der Waals surface area (Å²) in [5, 5.41) is 11.3. The number of nitro benzene ring substituents is 1. The summed E-state index contributed by atoms with van der Waals surface area (Å²) in [6, 6.07) is 4.89. The van der Waals surface area contributed by atoms with E-state index in [1.54, 1.807) is 12.1 Å². The second kappa shape index (κ2) is 4.18. The minimum atomic E-state index is -0.421. The Bertz CT molecular complexity index is 555. The predicted octanol–water partition coefficient (Wildman–Crippen LogP) is 3.06. The maximum Gasteiger partial charge on any atom is 0.279 e. The number of halogens is 1. The van der Waals surface area contributed by atoms with Crippen molar-refractivity contribution in [3.8, 4) is 10.4 Å². The van der Waals surface area contributed by atoms with E-state index in [-0.39, 0.29) is 5.69 Å². The largest absolute Gasteiger partial charge is 0.375 e. The van der Waals surface area contributed by atoms with Gasteiger partial charge in [0.2, 0.25) is 0 Å². The molecule has 0 atom stereocenters. The number of hydrogen-bond acceptors (Lipinski definition) is 5. The normalized spacial score (nSPS) is 10.3. The molecule has 1 aromatic carbocycles. The molecule has 2 N–H and O–H groups in total. The van der Waals surface area contributed by atoms with E-state index < -0.39 is 4.92 Å². The smallest absolute Gasteiger partial charge is 0.279 e. The molecule has 0 radical (unpaired) electrons. The van der Waals surface area contributed by atoms with E-state index >= 15 is 0 Å². The molecule has 0 fully saturated rings. The van der Waals surface area contributed by atoms with Crippen LogP contribution in [0, 0.1) is 10.1 Å². The third-order valence-electron chi connectivity index (χ3n) is 1.95. The van der Waals surface area contributed by atoms with E-state index in [1.807, 2.05) is 0 Å². The first-order chi connectivity index (χ1) is 7.58. The Morgan fingerprint density at radius 3 is 2.81 bits per heavy atom. The zero-order valence-electron chi connectivity index (χ0n) is 7.88. The van der Waals surface area contributed by atoms with Crippen LogP contribution in [0.5, 0.6) is 0 Å². The quantitative estimate of drug-likeness (QED) is 0.682. The van der Waals surface area contributed by atoms with Crippen LogP contribution in [0.15, 0.2) is 28.9 Å². The van der Waals surface area contributed by atoms with Crippen LogP contribution in [0.2, 0.25) is 0 Å². The number of nitrogens with zero attached hydrogens (tertiary/aromatic N) is 2. The number of anilines is 1. The second-order valence-electron chi connectivity index (χ2n) is 2.98. The maximum atomic E-state index is 10.9. The number of hydrogen-bond donors (Lipinski definition) is 1. The van der Waals surface area contributed by atoms with Gasteiger partial charge in [-0.25, -0.2) is 4.98 Å². The minimum absolute atomic E-state index is 0.0398. The molecule has 7 heteroatoms. The Morgan fingerprint density at radius 1 is 1.50 bits per heavy atom. The van der Waals surface area contributed by atoms with Gasteiger partial charge in [-0.15, -0.1) is 0 Å². The monoisotopic (exact) mass is 299 g/mol. The van der Waals surface area contributed by atoms with E-state index in [9.17, 15) is 10.1 Å². The third-order valence-corrected chi connectivity index (χ3v) is 3.30. The summed E-state index contributed by atoms with van der Waals surface area (Å²) >= 11 is 4.43. The number of aromatic nitrogens is 1. The van der Waals surface area contributed by atoms with Crippen LogP contribution in [0.25, 0.3) is 10.4 Å². The van der Waals surface area contributed by atoms with Gasteiger partial charge in [-0.05, 0) is 12.1 Å².